The third-order valence-electron chi connectivity index (χ3n) is 5.79. The van der Waals surface area contributed by atoms with Gasteiger partial charge in [-0.05, 0) is 37.2 Å². The van der Waals surface area contributed by atoms with Gasteiger partial charge in [-0.3, -0.25) is 9.48 Å². The molecule has 4 aromatic rings. The highest BCUT2D eigenvalue weighted by Gasteiger charge is 2.13. The van der Waals surface area contributed by atoms with Gasteiger partial charge in [0.05, 0.1) is 36.3 Å². The Bertz CT molecular complexity index is 1380. The van der Waals surface area contributed by atoms with Crippen molar-refractivity contribution in [2.45, 2.75) is 19.9 Å². The summed E-state index contributed by atoms with van der Waals surface area (Å²) in [6.45, 7) is 4.93. The van der Waals surface area contributed by atoms with E-state index < -0.39 is 17.5 Å². The lowest BCUT2D eigenvalue weighted by Gasteiger charge is -2.18. The molecule has 0 radical (unpaired) electrons. The standard InChI is InChI=1S/C26H29F2N7O3/c1-2-34(10-11-36)9-4-12-38-19-7-8-20-23(13-19)29-17-30-26(20)32-18-14-31-35(15-18)16-24(37)33-22-6-3-5-21(27)25(22)28/h3,5-8,13-15,17,36H,2,4,9-12,16H2,1H3,(H,33,37)(H,29,30,32). The van der Waals surface area contributed by atoms with Crippen molar-refractivity contribution in [2.24, 2.45) is 0 Å². The Morgan fingerprint density at radius 3 is 2.87 bits per heavy atom. The molecule has 0 aliphatic carbocycles. The van der Waals surface area contributed by atoms with Crippen LogP contribution in [0.2, 0.25) is 0 Å². The lowest BCUT2D eigenvalue weighted by Crippen LogP contribution is -2.28. The van der Waals surface area contributed by atoms with Crippen molar-refractivity contribution in [1.29, 1.82) is 0 Å². The first-order valence-corrected chi connectivity index (χ1v) is 12.2. The number of amides is 1. The van der Waals surface area contributed by atoms with Gasteiger partial charge in [-0.1, -0.05) is 13.0 Å². The molecule has 0 fully saturated rings. The van der Waals surface area contributed by atoms with Gasteiger partial charge in [0.25, 0.3) is 0 Å². The van der Waals surface area contributed by atoms with Crippen molar-refractivity contribution in [3.63, 3.8) is 0 Å². The van der Waals surface area contributed by atoms with E-state index in [1.165, 1.54) is 29.3 Å². The minimum atomic E-state index is -1.12. The molecule has 4 rings (SSSR count). The predicted octanol–water partition coefficient (Wildman–Crippen LogP) is 3.57. The summed E-state index contributed by atoms with van der Waals surface area (Å²) in [5.41, 5.74) is 1.04. The Labute approximate surface area is 218 Å². The van der Waals surface area contributed by atoms with Gasteiger partial charge in [-0.15, -0.1) is 0 Å². The van der Waals surface area contributed by atoms with E-state index >= 15 is 0 Å². The summed E-state index contributed by atoms with van der Waals surface area (Å²) in [6.07, 6.45) is 5.40. The fourth-order valence-electron chi connectivity index (χ4n) is 3.86. The van der Waals surface area contributed by atoms with E-state index in [0.29, 0.717) is 35.9 Å². The molecule has 0 aliphatic rings. The molecule has 0 saturated carbocycles. The SMILES string of the molecule is CCN(CCO)CCCOc1ccc2c(Nc3cnn(CC(=O)Nc4cccc(F)c4F)c3)ncnc2c1. The van der Waals surface area contributed by atoms with E-state index in [9.17, 15) is 13.6 Å². The van der Waals surface area contributed by atoms with E-state index in [-0.39, 0.29) is 18.8 Å². The van der Waals surface area contributed by atoms with E-state index in [4.69, 9.17) is 9.84 Å². The van der Waals surface area contributed by atoms with Gasteiger partial charge in [0.2, 0.25) is 5.91 Å². The number of fused-ring (bicyclic) bond motifs is 1. The van der Waals surface area contributed by atoms with Gasteiger partial charge in [0, 0.05) is 30.7 Å². The van der Waals surface area contributed by atoms with Crippen molar-refractivity contribution >= 4 is 34.0 Å². The number of halogens is 2. The van der Waals surface area contributed by atoms with Crippen molar-refractivity contribution in [3.8, 4) is 5.75 Å². The number of aliphatic hydroxyl groups excluding tert-OH is 1. The maximum atomic E-state index is 13.8. The number of aromatic nitrogens is 4. The van der Waals surface area contributed by atoms with Crippen molar-refractivity contribution in [2.75, 3.05) is 43.5 Å². The molecule has 12 heteroatoms. The zero-order valence-electron chi connectivity index (χ0n) is 20.9. The van der Waals surface area contributed by atoms with E-state index in [1.807, 2.05) is 18.2 Å². The fraction of sp³-hybridized carbons (Fsp3) is 0.308. The quantitative estimate of drug-likeness (QED) is 0.227. The molecule has 10 nitrogen and oxygen atoms in total. The van der Waals surface area contributed by atoms with Crippen LogP contribution in [0.15, 0.2) is 55.1 Å². The van der Waals surface area contributed by atoms with Crippen LogP contribution in [0.1, 0.15) is 13.3 Å². The van der Waals surface area contributed by atoms with Gasteiger partial charge in [-0.2, -0.15) is 5.10 Å². The summed E-state index contributed by atoms with van der Waals surface area (Å²) >= 11 is 0. The summed E-state index contributed by atoms with van der Waals surface area (Å²) in [7, 11) is 0. The Hall–Kier alpha value is -4.16. The van der Waals surface area contributed by atoms with Gasteiger partial charge >= 0.3 is 0 Å². The van der Waals surface area contributed by atoms with Crippen molar-refractivity contribution < 1.29 is 23.4 Å². The zero-order chi connectivity index (χ0) is 26.9. The molecule has 0 aliphatic heterocycles. The second kappa shape index (κ2) is 12.9. The third kappa shape index (κ3) is 6.99. The molecule has 2 aromatic heterocycles. The minimum absolute atomic E-state index is 0.142. The lowest BCUT2D eigenvalue weighted by atomic mass is 10.2. The fourth-order valence-corrected chi connectivity index (χ4v) is 3.86. The van der Waals surface area contributed by atoms with Crippen LogP contribution < -0.4 is 15.4 Å². The molecular formula is C26H29F2N7O3. The van der Waals surface area contributed by atoms with E-state index in [0.717, 1.165) is 31.0 Å². The first kappa shape index (κ1) is 26.9. The van der Waals surface area contributed by atoms with Crippen molar-refractivity contribution in [3.05, 3.63) is 66.8 Å². The highest BCUT2D eigenvalue weighted by atomic mass is 19.2. The Morgan fingerprint density at radius 1 is 1.18 bits per heavy atom. The Kier molecular flexibility index (Phi) is 9.11. The van der Waals surface area contributed by atoms with Crippen LogP contribution in [0.3, 0.4) is 0 Å². The van der Waals surface area contributed by atoms with E-state index in [2.05, 4.69) is 37.5 Å². The van der Waals surface area contributed by atoms with Crippen molar-refractivity contribution in [1.82, 2.24) is 24.6 Å². The Morgan fingerprint density at radius 2 is 2.05 bits per heavy atom. The number of benzene rings is 2. The molecule has 1 amide bonds. The number of aliphatic hydroxyl groups is 1. The molecule has 38 heavy (non-hydrogen) atoms. The first-order chi connectivity index (χ1) is 18.5. The molecule has 2 heterocycles. The molecule has 0 atom stereocenters. The highest BCUT2D eigenvalue weighted by Crippen LogP contribution is 2.26. The largest absolute Gasteiger partial charge is 0.493 e. The molecule has 0 unspecified atom stereocenters. The average molecular weight is 526 g/mol. The molecule has 0 saturated heterocycles. The molecule has 0 spiro atoms. The van der Waals surface area contributed by atoms with Crippen LogP contribution >= 0.6 is 0 Å². The smallest absolute Gasteiger partial charge is 0.246 e. The van der Waals surface area contributed by atoms with Gasteiger partial charge in [0.1, 0.15) is 24.4 Å². The van der Waals surface area contributed by atoms with Gasteiger partial charge in [0.15, 0.2) is 11.6 Å². The first-order valence-electron chi connectivity index (χ1n) is 12.2. The highest BCUT2D eigenvalue weighted by molar-refractivity contribution is 5.92. The molecule has 3 N–H and O–H groups in total. The topological polar surface area (TPSA) is 117 Å². The maximum absolute atomic E-state index is 13.8. The summed E-state index contributed by atoms with van der Waals surface area (Å²) in [4.78, 5) is 23.1. The molecule has 0 bridgehead atoms. The number of rotatable bonds is 13. The number of nitrogens with zero attached hydrogens (tertiary/aromatic N) is 5. The molecular weight excluding hydrogens is 496 g/mol. The lowest BCUT2D eigenvalue weighted by molar-refractivity contribution is -0.116. The number of hydrogen-bond acceptors (Lipinski definition) is 8. The van der Waals surface area contributed by atoms with Crippen LogP contribution in [-0.2, 0) is 11.3 Å². The molecule has 2 aromatic carbocycles. The number of hydrogen-bond donors (Lipinski definition) is 3. The number of likely N-dealkylation sites (N-methyl/N-ethyl adjacent to an activating group) is 1. The van der Waals surface area contributed by atoms with Gasteiger partial charge in [-0.25, -0.2) is 18.7 Å². The number of ether oxygens (including phenoxy) is 1. The minimum Gasteiger partial charge on any atom is -0.493 e. The van der Waals surface area contributed by atoms with E-state index in [1.54, 1.807) is 6.20 Å². The number of anilines is 3. The number of carbonyl (C=O) groups is 1. The molecule has 200 valence electrons. The number of carbonyl (C=O) groups excluding carboxylic acids is 1. The summed E-state index contributed by atoms with van der Waals surface area (Å²) < 4.78 is 34.4. The summed E-state index contributed by atoms with van der Waals surface area (Å²) in [5.74, 6) is -1.47. The average Bonchev–Trinajstić information content (AvgIpc) is 3.35. The maximum Gasteiger partial charge on any atom is 0.246 e. The van der Waals surface area contributed by atoms with Crippen LogP contribution in [0.4, 0.5) is 26.0 Å². The van der Waals surface area contributed by atoms with Crippen LogP contribution in [0.5, 0.6) is 5.75 Å². The van der Waals surface area contributed by atoms with Crippen LogP contribution in [0.25, 0.3) is 10.9 Å². The summed E-state index contributed by atoms with van der Waals surface area (Å²) in [6, 6.07) is 9.12. The number of nitrogens with one attached hydrogen (secondary N) is 2. The summed E-state index contributed by atoms with van der Waals surface area (Å²) in [5, 5.41) is 19.5. The normalized spacial score (nSPS) is 11.2. The van der Waals surface area contributed by atoms with Crippen LogP contribution in [-0.4, -0.2) is 68.5 Å². The third-order valence-corrected chi connectivity index (χ3v) is 5.79. The zero-order valence-corrected chi connectivity index (χ0v) is 20.9. The predicted molar refractivity (Wildman–Crippen MR) is 139 cm³/mol. The van der Waals surface area contributed by atoms with Gasteiger partial charge < -0.3 is 25.4 Å². The van der Waals surface area contributed by atoms with Crippen LogP contribution in [0, 0.1) is 11.6 Å². The monoisotopic (exact) mass is 525 g/mol. The second-order valence-electron chi connectivity index (χ2n) is 8.46. The Balaban J connectivity index is 1.35. The second-order valence-corrected chi connectivity index (χ2v) is 8.46.